The topological polar surface area (TPSA) is 58.4 Å². The van der Waals surface area contributed by atoms with E-state index in [0.29, 0.717) is 25.0 Å². The Balaban J connectivity index is 1.87. The van der Waals surface area contributed by atoms with Crippen LogP contribution >= 0.6 is 0 Å². The number of amides is 1. The van der Waals surface area contributed by atoms with Crippen LogP contribution in [0.5, 0.6) is 0 Å². The van der Waals surface area contributed by atoms with Gasteiger partial charge in [-0.05, 0) is 38.6 Å². The third-order valence-electron chi connectivity index (χ3n) is 4.40. The van der Waals surface area contributed by atoms with Crippen molar-refractivity contribution in [1.82, 2.24) is 10.2 Å². The van der Waals surface area contributed by atoms with Crippen molar-refractivity contribution < 1.29 is 4.79 Å². The molecule has 0 aromatic carbocycles. The van der Waals surface area contributed by atoms with Crippen molar-refractivity contribution in [3.8, 4) is 0 Å². The summed E-state index contributed by atoms with van der Waals surface area (Å²) in [7, 11) is 0. The highest BCUT2D eigenvalue weighted by atomic mass is 16.1. The van der Waals surface area contributed by atoms with Gasteiger partial charge in [0.2, 0.25) is 5.91 Å². The molecule has 3 N–H and O–H groups in total. The summed E-state index contributed by atoms with van der Waals surface area (Å²) in [6.07, 6.45) is 9.19. The number of likely N-dealkylation sites (tertiary alicyclic amines) is 1. The molecule has 0 bridgehead atoms. The van der Waals surface area contributed by atoms with E-state index in [1.807, 2.05) is 0 Å². The number of nitrogens with one attached hydrogen (secondary N) is 1. The fraction of sp³-hybridized carbons (Fsp3) is 0.933. The smallest absolute Gasteiger partial charge is 0.221 e. The third kappa shape index (κ3) is 4.46. The Hall–Kier alpha value is -0.610. The quantitative estimate of drug-likeness (QED) is 0.737. The molecule has 1 saturated carbocycles. The highest BCUT2D eigenvalue weighted by Gasteiger charge is 2.30. The fourth-order valence-electron chi connectivity index (χ4n) is 3.21. The molecule has 0 aromatic heterocycles. The van der Waals surface area contributed by atoms with E-state index < -0.39 is 0 Å². The molecule has 1 heterocycles. The number of hydrogen-bond acceptors (Lipinski definition) is 3. The predicted octanol–water partition coefficient (Wildman–Crippen LogP) is 1.64. The number of carbonyl (C=O) groups excluding carboxylic acids is 1. The first-order valence-electron chi connectivity index (χ1n) is 7.99. The van der Waals surface area contributed by atoms with Crippen LogP contribution in [0.1, 0.15) is 58.3 Å². The van der Waals surface area contributed by atoms with Crippen molar-refractivity contribution in [2.75, 3.05) is 13.1 Å². The summed E-state index contributed by atoms with van der Waals surface area (Å²) in [5, 5.41) is 3.08. The number of nitrogens with zero attached hydrogens (tertiary/aromatic N) is 1. The first-order chi connectivity index (χ1) is 9.24. The summed E-state index contributed by atoms with van der Waals surface area (Å²) in [4.78, 5) is 14.5. The van der Waals surface area contributed by atoms with E-state index in [1.165, 1.54) is 32.1 Å². The fourth-order valence-corrected chi connectivity index (χ4v) is 3.21. The predicted molar refractivity (Wildman–Crippen MR) is 77.9 cm³/mol. The Bertz CT molecular complexity index is 289. The van der Waals surface area contributed by atoms with Gasteiger partial charge >= 0.3 is 0 Å². The Kier molecular flexibility index (Phi) is 5.64. The second-order valence-corrected chi connectivity index (χ2v) is 6.11. The van der Waals surface area contributed by atoms with Gasteiger partial charge in [0.1, 0.15) is 0 Å². The minimum Gasteiger partial charge on any atom is -0.353 e. The molecule has 4 heteroatoms. The molecular formula is C15H29N3O. The molecule has 1 aliphatic heterocycles. The molecule has 2 atom stereocenters. The van der Waals surface area contributed by atoms with Gasteiger partial charge in [-0.15, -0.1) is 0 Å². The lowest BCUT2D eigenvalue weighted by Gasteiger charge is -2.40. The lowest BCUT2D eigenvalue weighted by atomic mass is 9.95. The summed E-state index contributed by atoms with van der Waals surface area (Å²) in [5.41, 5.74) is 5.94. The van der Waals surface area contributed by atoms with Crippen LogP contribution in [0, 0.1) is 0 Å². The monoisotopic (exact) mass is 267 g/mol. The molecule has 2 aliphatic rings. The molecule has 2 rings (SSSR count). The first kappa shape index (κ1) is 14.8. The molecule has 1 aliphatic carbocycles. The van der Waals surface area contributed by atoms with Gasteiger partial charge in [0, 0.05) is 31.1 Å². The molecule has 2 unspecified atom stereocenters. The molecule has 0 spiro atoms. The first-order valence-corrected chi connectivity index (χ1v) is 7.99. The zero-order valence-corrected chi connectivity index (χ0v) is 12.2. The van der Waals surface area contributed by atoms with Crippen molar-refractivity contribution >= 4 is 5.91 Å². The Morgan fingerprint density at radius 1 is 1.37 bits per heavy atom. The zero-order chi connectivity index (χ0) is 13.7. The summed E-state index contributed by atoms with van der Waals surface area (Å²) >= 11 is 0. The van der Waals surface area contributed by atoms with E-state index in [2.05, 4.69) is 17.1 Å². The van der Waals surface area contributed by atoms with E-state index in [1.54, 1.807) is 0 Å². The van der Waals surface area contributed by atoms with Crippen LogP contribution in [0.3, 0.4) is 0 Å². The second kappa shape index (κ2) is 7.25. The summed E-state index contributed by atoms with van der Waals surface area (Å²) < 4.78 is 0. The molecule has 110 valence electrons. The van der Waals surface area contributed by atoms with Crippen molar-refractivity contribution in [2.45, 2.75) is 76.4 Å². The van der Waals surface area contributed by atoms with Gasteiger partial charge in [0.15, 0.2) is 0 Å². The van der Waals surface area contributed by atoms with Crippen LogP contribution in [0.25, 0.3) is 0 Å². The van der Waals surface area contributed by atoms with E-state index in [-0.39, 0.29) is 11.9 Å². The second-order valence-electron chi connectivity index (χ2n) is 6.11. The van der Waals surface area contributed by atoms with Crippen LogP contribution in [-0.4, -0.2) is 42.0 Å². The maximum Gasteiger partial charge on any atom is 0.221 e. The number of rotatable bonds is 7. The number of piperidine rings is 1. The van der Waals surface area contributed by atoms with E-state index in [9.17, 15) is 4.79 Å². The van der Waals surface area contributed by atoms with Crippen LogP contribution in [0.2, 0.25) is 0 Å². The average Bonchev–Trinajstić information content (AvgIpc) is 3.21. The summed E-state index contributed by atoms with van der Waals surface area (Å²) in [6, 6.07) is 1.33. The molecular weight excluding hydrogens is 238 g/mol. The average molecular weight is 267 g/mol. The highest BCUT2D eigenvalue weighted by molar-refractivity contribution is 5.77. The van der Waals surface area contributed by atoms with Crippen LogP contribution in [0.15, 0.2) is 0 Å². The normalized spacial score (nSPS) is 26.1. The Morgan fingerprint density at radius 3 is 2.79 bits per heavy atom. The molecule has 0 radical (unpaired) electrons. The lowest BCUT2D eigenvalue weighted by molar-refractivity contribution is -0.122. The van der Waals surface area contributed by atoms with Gasteiger partial charge in [-0.2, -0.15) is 0 Å². The van der Waals surface area contributed by atoms with Gasteiger partial charge < -0.3 is 11.1 Å². The molecule has 1 saturated heterocycles. The number of hydrogen-bond donors (Lipinski definition) is 2. The maximum atomic E-state index is 12.0. The SMILES string of the molecule is CCCC1CCCCN1C(CN)CC(=O)NC1CC1. The molecule has 0 aromatic rings. The Labute approximate surface area is 117 Å². The van der Waals surface area contributed by atoms with Crippen LogP contribution in [-0.2, 0) is 4.79 Å². The van der Waals surface area contributed by atoms with Crippen LogP contribution in [0.4, 0.5) is 0 Å². The van der Waals surface area contributed by atoms with Crippen molar-refractivity contribution in [3.63, 3.8) is 0 Å². The van der Waals surface area contributed by atoms with Gasteiger partial charge in [-0.25, -0.2) is 0 Å². The van der Waals surface area contributed by atoms with Crippen molar-refractivity contribution in [1.29, 1.82) is 0 Å². The lowest BCUT2D eigenvalue weighted by Crippen LogP contribution is -2.51. The summed E-state index contributed by atoms with van der Waals surface area (Å²) in [6.45, 7) is 3.95. The van der Waals surface area contributed by atoms with Gasteiger partial charge in [0.25, 0.3) is 0 Å². The van der Waals surface area contributed by atoms with Crippen molar-refractivity contribution in [3.05, 3.63) is 0 Å². The maximum absolute atomic E-state index is 12.0. The van der Waals surface area contributed by atoms with E-state index in [4.69, 9.17) is 5.73 Å². The van der Waals surface area contributed by atoms with Crippen LogP contribution < -0.4 is 11.1 Å². The van der Waals surface area contributed by atoms with Gasteiger partial charge in [-0.1, -0.05) is 19.8 Å². The van der Waals surface area contributed by atoms with E-state index in [0.717, 1.165) is 19.4 Å². The molecule has 2 fully saturated rings. The summed E-state index contributed by atoms with van der Waals surface area (Å²) in [5.74, 6) is 0.193. The standard InChI is InChI=1S/C15H29N3O/c1-2-5-13-6-3-4-9-18(13)14(11-16)10-15(19)17-12-7-8-12/h12-14H,2-11,16H2,1H3,(H,17,19). The Morgan fingerprint density at radius 2 is 2.16 bits per heavy atom. The molecule has 4 nitrogen and oxygen atoms in total. The number of carbonyl (C=O) groups is 1. The van der Waals surface area contributed by atoms with E-state index >= 15 is 0 Å². The minimum absolute atomic E-state index is 0.193. The highest BCUT2D eigenvalue weighted by Crippen LogP contribution is 2.24. The largest absolute Gasteiger partial charge is 0.353 e. The zero-order valence-electron chi connectivity index (χ0n) is 12.2. The van der Waals surface area contributed by atoms with Gasteiger partial charge in [0.05, 0.1) is 0 Å². The van der Waals surface area contributed by atoms with Crippen molar-refractivity contribution in [2.24, 2.45) is 5.73 Å². The molecule has 19 heavy (non-hydrogen) atoms. The third-order valence-corrected chi connectivity index (χ3v) is 4.40. The molecule has 1 amide bonds. The number of nitrogens with two attached hydrogens (primary N) is 1. The van der Waals surface area contributed by atoms with Gasteiger partial charge in [-0.3, -0.25) is 9.69 Å². The minimum atomic E-state index is 0.193.